The third-order valence-electron chi connectivity index (χ3n) is 5.47. The largest absolute Gasteiger partial charge is 0.352 e. The van der Waals surface area contributed by atoms with Crippen LogP contribution in [0.1, 0.15) is 35.0 Å². The molecule has 1 atom stereocenters. The summed E-state index contributed by atoms with van der Waals surface area (Å²) in [5, 5.41) is 6.94. The molecule has 32 heavy (non-hydrogen) atoms. The van der Waals surface area contributed by atoms with Crippen LogP contribution < -0.4 is 15.8 Å². The van der Waals surface area contributed by atoms with E-state index in [2.05, 4.69) is 10.4 Å². The minimum absolute atomic E-state index is 0.0145. The second-order valence-corrected chi connectivity index (χ2v) is 7.79. The van der Waals surface area contributed by atoms with E-state index in [0.29, 0.717) is 0 Å². The highest BCUT2D eigenvalue weighted by Crippen LogP contribution is 2.32. The van der Waals surface area contributed by atoms with Crippen LogP contribution >= 0.6 is 0 Å². The van der Waals surface area contributed by atoms with Gasteiger partial charge in [-0.1, -0.05) is 30.3 Å². The first kappa shape index (κ1) is 21.4. The molecule has 0 spiro atoms. The SMILES string of the molecule is C[C@@H]1Cc2ccccc2N1C(=O)c1ccc(=O)n(CCC(=O)NCc2ccc(F)cc2)n1. The third kappa shape index (κ3) is 4.59. The molecule has 2 heterocycles. The normalized spacial score (nSPS) is 14.8. The van der Waals surface area contributed by atoms with Crippen LogP contribution in [0.4, 0.5) is 10.1 Å². The maximum atomic E-state index is 13.1. The van der Waals surface area contributed by atoms with Crippen molar-refractivity contribution in [3.63, 3.8) is 0 Å². The zero-order valence-corrected chi connectivity index (χ0v) is 17.6. The number of hydrogen-bond acceptors (Lipinski definition) is 4. The Bertz CT molecular complexity index is 1210. The Labute approximate surface area is 184 Å². The Kier molecular flexibility index (Phi) is 6.11. The number of benzene rings is 2. The van der Waals surface area contributed by atoms with Gasteiger partial charge in [0.05, 0.1) is 6.54 Å². The van der Waals surface area contributed by atoms with Crippen LogP contribution in [0.2, 0.25) is 0 Å². The van der Waals surface area contributed by atoms with Crippen molar-refractivity contribution >= 4 is 17.5 Å². The van der Waals surface area contributed by atoms with E-state index in [1.165, 1.54) is 24.3 Å². The number of carbonyl (C=O) groups excluding carboxylic acids is 2. The summed E-state index contributed by atoms with van der Waals surface area (Å²) in [5.41, 5.74) is 2.48. The number of aromatic nitrogens is 2. The van der Waals surface area contributed by atoms with Crippen molar-refractivity contribution in [2.75, 3.05) is 4.90 Å². The van der Waals surface area contributed by atoms with Crippen LogP contribution in [0.5, 0.6) is 0 Å². The average molecular weight is 434 g/mol. The van der Waals surface area contributed by atoms with Crippen LogP contribution in [0.25, 0.3) is 0 Å². The summed E-state index contributed by atoms with van der Waals surface area (Å²) in [6, 6.07) is 16.3. The average Bonchev–Trinajstić information content (AvgIpc) is 3.13. The Morgan fingerprint density at radius 2 is 1.84 bits per heavy atom. The number of halogens is 1. The molecule has 1 aliphatic heterocycles. The van der Waals surface area contributed by atoms with E-state index in [0.717, 1.165) is 27.9 Å². The first-order valence-corrected chi connectivity index (χ1v) is 10.4. The molecular weight excluding hydrogens is 411 g/mol. The lowest BCUT2D eigenvalue weighted by molar-refractivity contribution is -0.121. The molecule has 0 fully saturated rings. The predicted octanol–water partition coefficient (Wildman–Crippen LogP) is 2.68. The molecule has 0 radical (unpaired) electrons. The molecule has 7 nitrogen and oxygen atoms in total. The van der Waals surface area contributed by atoms with Gasteiger partial charge in [-0.2, -0.15) is 5.10 Å². The fourth-order valence-electron chi connectivity index (χ4n) is 3.82. The van der Waals surface area contributed by atoms with Gasteiger partial charge < -0.3 is 10.2 Å². The maximum Gasteiger partial charge on any atom is 0.278 e. The molecule has 1 aliphatic rings. The second kappa shape index (κ2) is 9.13. The van der Waals surface area contributed by atoms with Crippen LogP contribution in [-0.4, -0.2) is 27.6 Å². The van der Waals surface area contributed by atoms with E-state index in [1.807, 2.05) is 31.2 Å². The number of anilines is 1. The smallest absolute Gasteiger partial charge is 0.278 e. The fraction of sp³-hybridized carbons (Fsp3) is 0.250. The summed E-state index contributed by atoms with van der Waals surface area (Å²) in [5.74, 6) is -0.898. The molecule has 8 heteroatoms. The number of amides is 2. The van der Waals surface area contributed by atoms with E-state index < -0.39 is 0 Å². The summed E-state index contributed by atoms with van der Waals surface area (Å²) in [4.78, 5) is 39.2. The van der Waals surface area contributed by atoms with Crippen LogP contribution in [0.15, 0.2) is 65.5 Å². The monoisotopic (exact) mass is 434 g/mol. The molecular formula is C24H23FN4O3. The van der Waals surface area contributed by atoms with Crippen molar-refractivity contribution in [3.8, 4) is 0 Å². The van der Waals surface area contributed by atoms with Crippen molar-refractivity contribution < 1.29 is 14.0 Å². The lowest BCUT2D eigenvalue weighted by atomic mass is 10.1. The minimum Gasteiger partial charge on any atom is -0.352 e. The molecule has 0 bridgehead atoms. The van der Waals surface area contributed by atoms with Gasteiger partial charge >= 0.3 is 0 Å². The number of carbonyl (C=O) groups is 2. The second-order valence-electron chi connectivity index (χ2n) is 7.79. The molecule has 2 amide bonds. The van der Waals surface area contributed by atoms with E-state index in [9.17, 15) is 18.8 Å². The van der Waals surface area contributed by atoms with Gasteiger partial charge in [0.1, 0.15) is 11.5 Å². The van der Waals surface area contributed by atoms with Crippen LogP contribution in [0, 0.1) is 5.82 Å². The zero-order chi connectivity index (χ0) is 22.7. The standard InChI is InChI=1S/C24H23FN4O3/c1-16-14-18-4-2-3-5-21(18)29(16)24(32)20-10-11-23(31)28(27-20)13-12-22(30)26-15-17-6-8-19(25)9-7-17/h2-11,16H,12-15H2,1H3,(H,26,30)/t16-/m1/s1. The lowest BCUT2D eigenvalue weighted by Gasteiger charge is -2.22. The molecule has 2 aromatic carbocycles. The number of fused-ring (bicyclic) bond motifs is 1. The fourth-order valence-corrected chi connectivity index (χ4v) is 3.82. The van der Waals surface area contributed by atoms with Crippen molar-refractivity contribution in [1.82, 2.24) is 15.1 Å². The number of hydrogen-bond donors (Lipinski definition) is 1. The molecule has 0 unspecified atom stereocenters. The number of aryl methyl sites for hydroxylation is 1. The van der Waals surface area contributed by atoms with E-state index >= 15 is 0 Å². The quantitative estimate of drug-likeness (QED) is 0.647. The van der Waals surface area contributed by atoms with Crippen molar-refractivity contribution in [1.29, 1.82) is 0 Å². The zero-order valence-electron chi connectivity index (χ0n) is 17.6. The van der Waals surface area contributed by atoms with Gasteiger partial charge in [0, 0.05) is 30.8 Å². The van der Waals surface area contributed by atoms with Crippen LogP contribution in [-0.2, 0) is 24.3 Å². The van der Waals surface area contributed by atoms with Gasteiger partial charge in [-0.25, -0.2) is 9.07 Å². The van der Waals surface area contributed by atoms with E-state index in [4.69, 9.17) is 0 Å². The first-order chi connectivity index (χ1) is 15.4. The maximum absolute atomic E-state index is 13.1. The summed E-state index contributed by atoms with van der Waals surface area (Å²) < 4.78 is 14.1. The van der Waals surface area contributed by atoms with Gasteiger partial charge in [0.25, 0.3) is 11.5 Å². The number of rotatable bonds is 6. The Morgan fingerprint density at radius 1 is 1.09 bits per heavy atom. The number of para-hydroxylation sites is 1. The number of nitrogens with one attached hydrogen (secondary N) is 1. The third-order valence-corrected chi connectivity index (χ3v) is 5.47. The van der Waals surface area contributed by atoms with Gasteiger partial charge in [-0.15, -0.1) is 0 Å². The molecule has 1 aromatic heterocycles. The number of nitrogens with zero attached hydrogens (tertiary/aromatic N) is 3. The summed E-state index contributed by atoms with van der Waals surface area (Å²) in [6.07, 6.45) is 0.782. The molecule has 0 saturated heterocycles. The highest BCUT2D eigenvalue weighted by molar-refractivity contribution is 6.06. The highest BCUT2D eigenvalue weighted by atomic mass is 19.1. The van der Waals surface area contributed by atoms with Crippen molar-refractivity contribution in [2.24, 2.45) is 0 Å². The van der Waals surface area contributed by atoms with Crippen molar-refractivity contribution in [3.05, 3.63) is 93.7 Å². The topological polar surface area (TPSA) is 84.3 Å². The van der Waals surface area contributed by atoms with Gasteiger partial charge in [0.2, 0.25) is 5.91 Å². The van der Waals surface area contributed by atoms with Crippen molar-refractivity contribution in [2.45, 2.75) is 38.9 Å². The molecule has 3 aromatic rings. The minimum atomic E-state index is -0.386. The first-order valence-electron chi connectivity index (χ1n) is 10.4. The van der Waals surface area contributed by atoms with E-state index in [1.54, 1.807) is 17.0 Å². The molecule has 0 saturated carbocycles. The predicted molar refractivity (Wildman–Crippen MR) is 118 cm³/mol. The highest BCUT2D eigenvalue weighted by Gasteiger charge is 2.32. The lowest BCUT2D eigenvalue weighted by Crippen LogP contribution is -2.38. The van der Waals surface area contributed by atoms with Gasteiger partial charge in [0.15, 0.2) is 0 Å². The Morgan fingerprint density at radius 3 is 2.62 bits per heavy atom. The molecule has 164 valence electrons. The Balaban J connectivity index is 1.41. The summed E-state index contributed by atoms with van der Waals surface area (Å²) in [6.45, 7) is 2.27. The van der Waals surface area contributed by atoms with Gasteiger partial charge in [-0.3, -0.25) is 14.4 Å². The summed E-state index contributed by atoms with van der Waals surface area (Å²) >= 11 is 0. The Hall–Kier alpha value is -3.81. The van der Waals surface area contributed by atoms with Gasteiger partial charge in [-0.05, 0) is 48.7 Å². The molecule has 0 aliphatic carbocycles. The molecule has 1 N–H and O–H groups in total. The summed E-state index contributed by atoms with van der Waals surface area (Å²) in [7, 11) is 0. The molecule has 4 rings (SSSR count). The van der Waals surface area contributed by atoms with Crippen LogP contribution in [0.3, 0.4) is 0 Å². The van der Waals surface area contributed by atoms with E-state index in [-0.39, 0.29) is 54.4 Å².